The van der Waals surface area contributed by atoms with Crippen LogP contribution in [0.5, 0.6) is 0 Å². The molecule has 0 aliphatic carbocycles. The molecule has 1 atom stereocenters. The predicted octanol–water partition coefficient (Wildman–Crippen LogP) is 1.80. The quantitative estimate of drug-likeness (QED) is 0.678. The molecule has 0 aromatic heterocycles. The van der Waals surface area contributed by atoms with Gasteiger partial charge in [0.25, 0.3) is 0 Å². The summed E-state index contributed by atoms with van der Waals surface area (Å²) in [5.74, 6) is 0.248. The van der Waals surface area contributed by atoms with Crippen molar-refractivity contribution < 1.29 is 13.2 Å². The molecule has 0 spiro atoms. The first-order valence-electron chi connectivity index (χ1n) is 2.90. The van der Waals surface area contributed by atoms with Gasteiger partial charge in [0.15, 0.2) is 0 Å². The fraction of sp³-hybridized carbons (Fsp3) is 0.667. The topological polar surface area (TPSA) is 26.0 Å². The molecule has 0 saturated heterocycles. The minimum atomic E-state index is -4.35. The first-order valence-corrected chi connectivity index (χ1v) is 4.29. The van der Waals surface area contributed by atoms with Gasteiger partial charge in [-0.25, -0.2) is 0 Å². The van der Waals surface area contributed by atoms with Gasteiger partial charge in [0.1, 0.15) is 0 Å². The zero-order valence-corrected chi connectivity index (χ0v) is 6.93. The molecule has 0 amide bonds. The summed E-state index contributed by atoms with van der Waals surface area (Å²) in [5, 5.41) is 0. The fourth-order valence-corrected chi connectivity index (χ4v) is 1.05. The molecule has 0 aromatic carbocycles. The summed E-state index contributed by atoms with van der Waals surface area (Å²) in [5.41, 5.74) is 4.32. The first kappa shape index (κ1) is 10.8. The highest BCUT2D eigenvalue weighted by Crippen LogP contribution is 2.26. The lowest BCUT2D eigenvalue weighted by Gasteiger charge is -2.15. The van der Waals surface area contributed by atoms with Gasteiger partial charge in [-0.3, -0.25) is 0 Å². The maximum absolute atomic E-state index is 11.8. The molecule has 0 aliphatic heterocycles. The number of hydrogen-bond donors (Lipinski definition) is 1. The van der Waals surface area contributed by atoms with E-state index in [4.69, 9.17) is 5.73 Å². The molecule has 0 bridgehead atoms. The van der Waals surface area contributed by atoms with E-state index in [1.807, 2.05) is 0 Å². The fourth-order valence-electron chi connectivity index (χ4n) is 0.490. The number of rotatable bonds is 3. The predicted molar refractivity (Wildman–Crippen MR) is 41.6 cm³/mol. The Morgan fingerprint density at radius 2 is 2.09 bits per heavy atom. The molecule has 0 saturated carbocycles. The van der Waals surface area contributed by atoms with E-state index in [9.17, 15) is 13.2 Å². The maximum Gasteiger partial charge on any atom is 0.413 e. The van der Waals surface area contributed by atoms with Crippen LogP contribution >= 0.6 is 11.8 Å². The summed E-state index contributed by atoms with van der Waals surface area (Å²) in [4.78, 5) is 0. The van der Waals surface area contributed by atoms with Gasteiger partial charge in [0.05, 0.1) is 0 Å². The molecular formula is C6H10F3NS. The third-order valence-electron chi connectivity index (χ3n) is 1.16. The molecule has 11 heavy (non-hydrogen) atoms. The molecular weight excluding hydrogens is 175 g/mol. The molecule has 1 nitrogen and oxygen atoms in total. The lowest BCUT2D eigenvalue weighted by Crippen LogP contribution is -2.32. The number of nitrogens with two attached hydrogens (primary N) is 1. The Labute approximate surface area is 67.8 Å². The van der Waals surface area contributed by atoms with Gasteiger partial charge in [-0.15, -0.1) is 0 Å². The lowest BCUT2D eigenvalue weighted by molar-refractivity contribution is -0.0944. The van der Waals surface area contributed by atoms with Crippen molar-refractivity contribution in [1.29, 1.82) is 0 Å². The summed E-state index contributed by atoms with van der Waals surface area (Å²) < 4.78 is 35.5. The van der Waals surface area contributed by atoms with Gasteiger partial charge in [-0.2, -0.15) is 24.9 Å². The van der Waals surface area contributed by atoms with Gasteiger partial charge < -0.3 is 5.73 Å². The summed E-state index contributed by atoms with van der Waals surface area (Å²) >= 11 is 1.27. The minimum Gasteiger partial charge on any atom is -0.323 e. The van der Waals surface area contributed by atoms with Gasteiger partial charge in [-0.05, 0) is 6.26 Å². The second-order valence-electron chi connectivity index (χ2n) is 2.08. The summed E-state index contributed by atoms with van der Waals surface area (Å²) in [7, 11) is 0. The van der Waals surface area contributed by atoms with Crippen molar-refractivity contribution >= 4 is 11.8 Å². The van der Waals surface area contributed by atoms with E-state index in [1.54, 1.807) is 6.26 Å². The highest BCUT2D eigenvalue weighted by Gasteiger charge is 2.35. The van der Waals surface area contributed by atoms with Crippen molar-refractivity contribution in [3.63, 3.8) is 0 Å². The van der Waals surface area contributed by atoms with Crippen LogP contribution in [0.1, 0.15) is 0 Å². The van der Waals surface area contributed by atoms with Gasteiger partial charge in [0, 0.05) is 17.4 Å². The Bertz CT molecular complexity index is 143. The molecule has 5 heteroatoms. The van der Waals surface area contributed by atoms with Crippen LogP contribution in [0.4, 0.5) is 13.2 Å². The highest BCUT2D eigenvalue weighted by molar-refractivity contribution is 7.98. The summed E-state index contributed by atoms with van der Waals surface area (Å²) in [6.07, 6.45) is -2.65. The van der Waals surface area contributed by atoms with Crippen molar-refractivity contribution in [3.8, 4) is 0 Å². The normalized spacial score (nSPS) is 14.6. The van der Waals surface area contributed by atoms with Crippen molar-refractivity contribution in [1.82, 2.24) is 0 Å². The molecule has 1 unspecified atom stereocenters. The van der Waals surface area contributed by atoms with Crippen LogP contribution in [-0.2, 0) is 0 Å². The van der Waals surface area contributed by atoms with Crippen LogP contribution < -0.4 is 5.73 Å². The summed E-state index contributed by atoms with van der Waals surface area (Å²) in [6.45, 7) is 2.88. The SMILES string of the molecule is C=C(C(N)CSC)C(F)(F)F. The minimum absolute atomic E-state index is 0.248. The first-order chi connectivity index (χ1) is 4.89. The van der Waals surface area contributed by atoms with E-state index in [1.165, 1.54) is 11.8 Å². The van der Waals surface area contributed by atoms with E-state index in [-0.39, 0.29) is 5.75 Å². The molecule has 0 aliphatic rings. The molecule has 0 radical (unpaired) electrons. The number of alkyl halides is 3. The van der Waals surface area contributed by atoms with Crippen molar-refractivity contribution in [2.75, 3.05) is 12.0 Å². The van der Waals surface area contributed by atoms with Crippen molar-refractivity contribution in [2.24, 2.45) is 5.73 Å². The maximum atomic E-state index is 11.8. The van der Waals surface area contributed by atoms with E-state index in [0.29, 0.717) is 0 Å². The number of thioether (sulfide) groups is 1. The average Bonchev–Trinajstić information content (AvgIpc) is 1.85. The lowest BCUT2D eigenvalue weighted by atomic mass is 10.1. The number of hydrogen-bond acceptors (Lipinski definition) is 2. The Hall–Kier alpha value is -0.160. The van der Waals surface area contributed by atoms with Gasteiger partial charge in [0.2, 0.25) is 0 Å². The Morgan fingerprint density at radius 3 is 2.36 bits per heavy atom. The Balaban J connectivity index is 4.03. The van der Waals surface area contributed by atoms with Crippen molar-refractivity contribution in [2.45, 2.75) is 12.2 Å². The van der Waals surface area contributed by atoms with Crippen LogP contribution in [0.25, 0.3) is 0 Å². The molecule has 0 aromatic rings. The second kappa shape index (κ2) is 4.01. The highest BCUT2D eigenvalue weighted by atomic mass is 32.2. The standard InChI is InChI=1S/C6H10F3NS/c1-4(6(7,8)9)5(10)3-11-2/h5H,1,3,10H2,2H3. The molecule has 0 heterocycles. The molecule has 0 fully saturated rings. The van der Waals surface area contributed by atoms with Gasteiger partial charge in [-0.1, -0.05) is 6.58 Å². The molecule has 0 rings (SSSR count). The summed E-state index contributed by atoms with van der Waals surface area (Å²) in [6, 6.07) is -0.981. The van der Waals surface area contributed by atoms with Crippen LogP contribution in [0.2, 0.25) is 0 Å². The third-order valence-corrected chi connectivity index (χ3v) is 1.85. The van der Waals surface area contributed by atoms with Crippen LogP contribution in [0.15, 0.2) is 12.2 Å². The largest absolute Gasteiger partial charge is 0.413 e. The van der Waals surface area contributed by atoms with Crippen LogP contribution in [0, 0.1) is 0 Å². The van der Waals surface area contributed by atoms with Crippen molar-refractivity contribution in [3.05, 3.63) is 12.2 Å². The number of halogens is 3. The molecule has 66 valence electrons. The molecule has 2 N–H and O–H groups in total. The van der Waals surface area contributed by atoms with Crippen LogP contribution in [0.3, 0.4) is 0 Å². The second-order valence-corrected chi connectivity index (χ2v) is 3.00. The Kier molecular flexibility index (Phi) is 3.96. The van der Waals surface area contributed by atoms with E-state index in [2.05, 4.69) is 6.58 Å². The zero-order chi connectivity index (χ0) is 9.07. The van der Waals surface area contributed by atoms with E-state index < -0.39 is 17.8 Å². The average molecular weight is 185 g/mol. The van der Waals surface area contributed by atoms with Gasteiger partial charge >= 0.3 is 6.18 Å². The van der Waals surface area contributed by atoms with E-state index in [0.717, 1.165) is 0 Å². The zero-order valence-electron chi connectivity index (χ0n) is 6.11. The van der Waals surface area contributed by atoms with E-state index >= 15 is 0 Å². The smallest absolute Gasteiger partial charge is 0.323 e. The monoisotopic (exact) mass is 185 g/mol. The third kappa shape index (κ3) is 3.67. The van der Waals surface area contributed by atoms with Crippen LogP contribution in [-0.4, -0.2) is 24.2 Å². The Morgan fingerprint density at radius 1 is 1.64 bits per heavy atom.